The largest absolute Gasteiger partial charge is 0.334 e. The molecule has 1 aliphatic carbocycles. The first-order valence-electron chi connectivity index (χ1n) is 26.8. The molecular weight excluding hydrogens is 973 g/mol. The second-order valence-corrected chi connectivity index (χ2v) is 21.2. The molecule has 0 unspecified atom stereocenters. The Hall–Kier alpha value is -9.94. The molecule has 0 radical (unpaired) electrons. The van der Waals surface area contributed by atoms with Gasteiger partial charge < -0.3 is 18.3 Å². The maximum Gasteiger partial charge on any atom is 0.145 e. The first kappa shape index (κ1) is 46.4. The van der Waals surface area contributed by atoms with Crippen LogP contribution in [0, 0.1) is 41.5 Å². The minimum absolute atomic E-state index is 0.701. The summed E-state index contributed by atoms with van der Waals surface area (Å²) in [6, 6.07) is 34.6. The zero-order valence-electron chi connectivity index (χ0n) is 45.2. The van der Waals surface area contributed by atoms with Gasteiger partial charge in [0.05, 0.1) is 44.8 Å². The minimum Gasteiger partial charge on any atom is -0.334 e. The molecule has 0 amide bonds. The van der Waals surface area contributed by atoms with E-state index in [0.29, 0.717) is 6.42 Å². The number of nitrogens with zero attached hydrogens (tertiary/aromatic N) is 12. The highest BCUT2D eigenvalue weighted by molar-refractivity contribution is 6.10. The Balaban J connectivity index is 0.960. The van der Waals surface area contributed by atoms with E-state index < -0.39 is 0 Å². The van der Waals surface area contributed by atoms with E-state index >= 15 is 0 Å². The van der Waals surface area contributed by atoms with E-state index in [1.807, 2.05) is 62.0 Å². The average Bonchev–Trinajstić information content (AvgIpc) is 4.46. The summed E-state index contributed by atoms with van der Waals surface area (Å²) in [5.74, 6) is 3.57. The van der Waals surface area contributed by atoms with Crippen LogP contribution in [0.25, 0.3) is 123 Å². The van der Waals surface area contributed by atoms with Crippen molar-refractivity contribution in [2.24, 2.45) is 14.1 Å². The van der Waals surface area contributed by atoms with E-state index in [-0.39, 0.29) is 0 Å². The molecule has 0 fully saturated rings. The second-order valence-electron chi connectivity index (χ2n) is 21.2. The summed E-state index contributed by atoms with van der Waals surface area (Å²) in [4.78, 5) is 29.9. The quantitative estimate of drug-likeness (QED) is 0.150. The summed E-state index contributed by atoms with van der Waals surface area (Å²) in [6.07, 6.45) is 24.4. The molecule has 0 N–H and O–H groups in total. The van der Waals surface area contributed by atoms with Crippen LogP contribution in [0.5, 0.6) is 0 Å². The van der Waals surface area contributed by atoms with Crippen molar-refractivity contribution in [2.75, 3.05) is 0 Å². The summed E-state index contributed by atoms with van der Waals surface area (Å²) in [5.41, 5.74) is 25.0. The molecule has 12 heteroatoms. The van der Waals surface area contributed by atoms with Crippen molar-refractivity contribution in [2.45, 2.75) is 48.0 Å². The van der Waals surface area contributed by atoms with Gasteiger partial charge in [0, 0.05) is 139 Å². The third-order valence-electron chi connectivity index (χ3n) is 17.1. The van der Waals surface area contributed by atoms with Gasteiger partial charge in [-0.05, 0) is 146 Å². The van der Waals surface area contributed by atoms with Gasteiger partial charge in [-0.2, -0.15) is 0 Å². The number of imidazole rings is 4. The Kier molecular flexibility index (Phi) is 10.1. The zero-order chi connectivity index (χ0) is 53.5. The number of pyridine rings is 2. The first-order valence-corrected chi connectivity index (χ1v) is 26.8. The Labute approximate surface area is 456 Å². The van der Waals surface area contributed by atoms with E-state index in [1.54, 1.807) is 0 Å². The fourth-order valence-electron chi connectivity index (χ4n) is 13.7. The fourth-order valence-corrected chi connectivity index (χ4v) is 13.7. The Morgan fingerprint density at radius 2 is 0.709 bits per heavy atom. The fraction of sp³-hybridized carbons (Fsp3) is 0.134. The molecule has 0 saturated heterocycles. The standard InChI is InChI=1S/C67H54N12/c1-38-50(19-13-21-52(38)78-54-17-11-9-15-44(54)48-36-68-25-23-56(48)78)76-33-29-72-66(76)58-40(3)60-46(62(42(58)5)64-70-27-31-74(64)7)35-47-61(60)41(4)59(43(6)63(47)65-71-28-32-75(65)8)67-73-30-34-77(67)51-20-14-22-53(39(51)2)79-55-18-12-10-16-45(55)49-37-69-26-24-57(49)79/h9-34,36-37H,35H2,1-8H3. The van der Waals surface area contributed by atoms with Crippen LogP contribution < -0.4 is 0 Å². The summed E-state index contributed by atoms with van der Waals surface area (Å²) in [7, 11) is 4.19. The predicted octanol–water partition coefficient (Wildman–Crippen LogP) is 14.6. The van der Waals surface area contributed by atoms with Crippen LogP contribution in [-0.2, 0) is 20.5 Å². The summed E-state index contributed by atoms with van der Waals surface area (Å²) >= 11 is 0. The molecular formula is C67H54N12. The highest BCUT2D eigenvalue weighted by Crippen LogP contribution is 2.55. The highest BCUT2D eigenvalue weighted by Gasteiger charge is 2.37. The molecule has 0 bridgehead atoms. The van der Waals surface area contributed by atoms with Crippen LogP contribution >= 0.6 is 0 Å². The molecule has 6 aromatic carbocycles. The number of para-hydroxylation sites is 2. The average molecular weight is 1030 g/mol. The van der Waals surface area contributed by atoms with Crippen LogP contribution in [0.4, 0.5) is 0 Å². The molecule has 8 aromatic heterocycles. The van der Waals surface area contributed by atoms with Gasteiger partial charge >= 0.3 is 0 Å². The van der Waals surface area contributed by atoms with Crippen molar-refractivity contribution in [1.82, 2.24) is 57.3 Å². The predicted molar refractivity (Wildman–Crippen MR) is 317 cm³/mol. The molecule has 382 valence electrons. The maximum absolute atomic E-state index is 5.31. The highest BCUT2D eigenvalue weighted by atomic mass is 15.1. The lowest BCUT2D eigenvalue weighted by molar-refractivity contribution is 0.917. The Bertz CT molecular complexity index is 4460. The molecule has 0 atom stereocenters. The molecule has 0 saturated carbocycles. The molecule has 0 spiro atoms. The van der Waals surface area contributed by atoms with Gasteiger partial charge in [0.25, 0.3) is 0 Å². The second kappa shape index (κ2) is 17.3. The van der Waals surface area contributed by atoms with E-state index in [4.69, 9.17) is 19.9 Å². The number of aromatic nitrogens is 12. The molecule has 12 nitrogen and oxygen atoms in total. The monoisotopic (exact) mass is 1030 g/mol. The van der Waals surface area contributed by atoms with Gasteiger partial charge in [-0.1, -0.05) is 48.5 Å². The van der Waals surface area contributed by atoms with Crippen LogP contribution in [0.2, 0.25) is 0 Å². The summed E-state index contributed by atoms with van der Waals surface area (Å²) in [6.45, 7) is 13.6. The molecule has 79 heavy (non-hydrogen) atoms. The smallest absolute Gasteiger partial charge is 0.145 e. The van der Waals surface area contributed by atoms with Gasteiger partial charge in [-0.15, -0.1) is 0 Å². The van der Waals surface area contributed by atoms with Crippen LogP contribution in [0.15, 0.2) is 171 Å². The zero-order valence-corrected chi connectivity index (χ0v) is 45.2. The Morgan fingerprint density at radius 3 is 1.14 bits per heavy atom. The molecule has 8 heterocycles. The first-order chi connectivity index (χ1) is 38.6. The van der Waals surface area contributed by atoms with E-state index in [1.165, 1.54) is 33.0 Å². The van der Waals surface area contributed by atoms with Gasteiger partial charge in [-0.25, -0.2) is 19.9 Å². The number of fused-ring (bicyclic) bond motifs is 9. The summed E-state index contributed by atoms with van der Waals surface area (Å²) in [5, 5.41) is 4.59. The van der Waals surface area contributed by atoms with E-state index in [2.05, 4.69) is 202 Å². The maximum atomic E-state index is 5.31. The topological polar surface area (TPSA) is 107 Å². The number of rotatable bonds is 8. The third-order valence-corrected chi connectivity index (χ3v) is 17.1. The van der Waals surface area contributed by atoms with Crippen LogP contribution in [-0.4, -0.2) is 57.3 Å². The van der Waals surface area contributed by atoms with Crippen molar-refractivity contribution in [3.05, 3.63) is 216 Å². The van der Waals surface area contributed by atoms with Crippen molar-refractivity contribution in [3.63, 3.8) is 0 Å². The van der Waals surface area contributed by atoms with E-state index in [0.717, 1.165) is 135 Å². The normalized spacial score (nSPS) is 12.3. The van der Waals surface area contributed by atoms with Crippen molar-refractivity contribution < 1.29 is 0 Å². The molecule has 1 aliphatic rings. The third kappa shape index (κ3) is 6.48. The van der Waals surface area contributed by atoms with Crippen molar-refractivity contribution >= 4 is 43.6 Å². The number of hydrogen-bond acceptors (Lipinski definition) is 6. The minimum atomic E-state index is 0.701. The lowest BCUT2D eigenvalue weighted by Gasteiger charge is -2.24. The van der Waals surface area contributed by atoms with E-state index in [9.17, 15) is 0 Å². The van der Waals surface area contributed by atoms with Crippen LogP contribution in [0.3, 0.4) is 0 Å². The molecule has 0 aliphatic heterocycles. The number of hydrogen-bond donors (Lipinski definition) is 0. The van der Waals surface area contributed by atoms with Gasteiger partial charge in [0.1, 0.15) is 23.3 Å². The van der Waals surface area contributed by atoms with Gasteiger partial charge in [0.15, 0.2) is 0 Å². The van der Waals surface area contributed by atoms with Gasteiger partial charge in [0.2, 0.25) is 0 Å². The lowest BCUT2D eigenvalue weighted by atomic mass is 9.83. The molecule has 15 rings (SSSR count). The summed E-state index contributed by atoms with van der Waals surface area (Å²) < 4.78 is 13.6. The number of benzene rings is 6. The Morgan fingerprint density at radius 1 is 0.329 bits per heavy atom. The number of aryl methyl sites for hydroxylation is 2. The van der Waals surface area contributed by atoms with Crippen LogP contribution in [0.1, 0.15) is 44.5 Å². The van der Waals surface area contributed by atoms with Crippen molar-refractivity contribution in [1.29, 1.82) is 0 Å². The van der Waals surface area contributed by atoms with Gasteiger partial charge in [-0.3, -0.25) is 19.1 Å². The van der Waals surface area contributed by atoms with Crippen molar-refractivity contribution in [3.8, 4) is 79.4 Å². The lowest BCUT2D eigenvalue weighted by Crippen LogP contribution is -2.08. The molecule has 14 aromatic rings. The SMILES string of the molecule is Cc1c(-n2ccnc2-c2c(C)c3c(c(-c4nccn4C)c2C)Cc2c-3c(C)c(-c3nccn3-c3cccc(-n4c5ccccc5c5cnccc54)c3C)c(C)c2-c2nccn2C)cccc1-n1c2ccccc2c2cnccc21.